The molecule has 1 atom stereocenters. The molecule has 0 saturated heterocycles. The molecule has 0 spiro atoms. The van der Waals surface area contributed by atoms with Gasteiger partial charge in [0.1, 0.15) is 5.75 Å². The zero-order chi connectivity index (χ0) is 23.9. The molecule has 2 aliphatic rings. The second kappa shape index (κ2) is 8.47. The minimum absolute atomic E-state index is 0.140. The number of fused-ring (bicyclic) bond motifs is 1. The lowest BCUT2D eigenvalue weighted by atomic mass is 9.93. The van der Waals surface area contributed by atoms with Crippen molar-refractivity contribution in [3.05, 3.63) is 95.1 Å². The molecule has 2 aliphatic heterocycles. The van der Waals surface area contributed by atoms with Crippen molar-refractivity contribution >= 4 is 29.3 Å². The Kier molecular flexibility index (Phi) is 5.46. The number of nitrogens with two attached hydrogens (primary N) is 1. The molecule has 6 nitrogen and oxygen atoms in total. The Bertz CT molecular complexity index is 1290. The summed E-state index contributed by atoms with van der Waals surface area (Å²) in [5, 5.41) is 3.49. The number of ether oxygens (including phenoxy) is 1. The average Bonchev–Trinajstić information content (AvgIpc) is 3.40. The van der Waals surface area contributed by atoms with Gasteiger partial charge in [-0.05, 0) is 48.7 Å². The van der Waals surface area contributed by atoms with E-state index in [9.17, 15) is 4.79 Å². The first kappa shape index (κ1) is 21.9. The van der Waals surface area contributed by atoms with Crippen LogP contribution in [0.2, 0.25) is 0 Å². The lowest BCUT2D eigenvalue weighted by Gasteiger charge is -2.20. The topological polar surface area (TPSA) is 80.0 Å². The fourth-order valence-corrected chi connectivity index (χ4v) is 4.29. The van der Waals surface area contributed by atoms with Crippen LogP contribution in [0.3, 0.4) is 0 Å². The quantitative estimate of drug-likeness (QED) is 0.330. The van der Waals surface area contributed by atoms with Crippen LogP contribution in [-0.2, 0) is 10.3 Å². The van der Waals surface area contributed by atoms with Crippen LogP contribution >= 0.6 is 0 Å². The van der Waals surface area contributed by atoms with E-state index in [4.69, 9.17) is 10.5 Å². The molecule has 3 aromatic rings. The van der Waals surface area contributed by atoms with E-state index < -0.39 is 5.54 Å². The van der Waals surface area contributed by atoms with Gasteiger partial charge in [0.2, 0.25) is 0 Å². The van der Waals surface area contributed by atoms with Gasteiger partial charge < -0.3 is 20.7 Å². The van der Waals surface area contributed by atoms with Gasteiger partial charge >= 0.3 is 5.97 Å². The number of esters is 1. The summed E-state index contributed by atoms with van der Waals surface area (Å²) >= 11 is 0. The predicted molar refractivity (Wildman–Crippen MR) is 136 cm³/mol. The van der Waals surface area contributed by atoms with E-state index in [1.165, 1.54) is 0 Å². The molecule has 3 aromatic carbocycles. The summed E-state index contributed by atoms with van der Waals surface area (Å²) < 4.78 is 5.56. The summed E-state index contributed by atoms with van der Waals surface area (Å²) in [6.07, 6.45) is 1.87. The highest BCUT2D eigenvalue weighted by molar-refractivity contribution is 6.29. The van der Waals surface area contributed by atoms with Gasteiger partial charge in [0.25, 0.3) is 0 Å². The molecule has 6 heteroatoms. The number of aliphatic imine (C=N–C) groups is 1. The third-order valence-electron chi connectivity index (χ3n) is 6.20. The van der Waals surface area contributed by atoms with Gasteiger partial charge in [-0.2, -0.15) is 0 Å². The maximum atomic E-state index is 13.0. The van der Waals surface area contributed by atoms with Gasteiger partial charge in [0.15, 0.2) is 0 Å². The van der Waals surface area contributed by atoms with Crippen LogP contribution in [0.15, 0.2) is 77.8 Å². The molecule has 0 bridgehead atoms. The fraction of sp³-hybridized carbons (Fsp3) is 0.214. The van der Waals surface area contributed by atoms with Crippen molar-refractivity contribution in [2.75, 3.05) is 18.9 Å². The zero-order valence-corrected chi connectivity index (χ0v) is 19.6. The Labute approximate surface area is 199 Å². The van der Waals surface area contributed by atoms with Crippen LogP contribution in [0, 0.1) is 0 Å². The van der Waals surface area contributed by atoms with E-state index in [0.717, 1.165) is 34.5 Å². The zero-order valence-electron chi connectivity index (χ0n) is 19.6. The van der Waals surface area contributed by atoms with Crippen molar-refractivity contribution in [1.29, 1.82) is 0 Å². The SMILES string of the molecule is CN1C=NC(c2ccc(N/C(=C3\C(=O)Oc4ccccc43)c3ccc(C(C)(C)N)cc3)cc2)C1. The number of anilines is 1. The van der Waals surface area contributed by atoms with Crippen molar-refractivity contribution in [2.45, 2.75) is 25.4 Å². The molecule has 0 aromatic heterocycles. The molecule has 2 heterocycles. The van der Waals surface area contributed by atoms with Crippen LogP contribution in [0.1, 0.15) is 42.1 Å². The van der Waals surface area contributed by atoms with E-state index >= 15 is 0 Å². The van der Waals surface area contributed by atoms with Gasteiger partial charge in [-0.3, -0.25) is 4.99 Å². The molecule has 34 heavy (non-hydrogen) atoms. The number of rotatable bonds is 5. The molecular formula is C28H28N4O2. The third-order valence-corrected chi connectivity index (χ3v) is 6.20. The van der Waals surface area contributed by atoms with E-state index in [1.807, 2.05) is 87.9 Å². The second-order valence-electron chi connectivity index (χ2n) is 9.40. The Morgan fingerprint density at radius 2 is 1.76 bits per heavy atom. The van der Waals surface area contributed by atoms with Crippen LogP contribution in [0.4, 0.5) is 5.69 Å². The molecule has 1 unspecified atom stereocenters. The van der Waals surface area contributed by atoms with Gasteiger partial charge in [0, 0.05) is 30.4 Å². The van der Waals surface area contributed by atoms with E-state index in [0.29, 0.717) is 17.0 Å². The van der Waals surface area contributed by atoms with Gasteiger partial charge in [-0.1, -0.05) is 54.6 Å². The molecular weight excluding hydrogens is 424 g/mol. The fourth-order valence-electron chi connectivity index (χ4n) is 4.29. The van der Waals surface area contributed by atoms with Crippen LogP contribution in [0.25, 0.3) is 11.3 Å². The normalized spacial score (nSPS) is 18.6. The number of nitrogens with zero attached hydrogens (tertiary/aromatic N) is 2. The second-order valence-corrected chi connectivity index (χ2v) is 9.40. The predicted octanol–water partition coefficient (Wildman–Crippen LogP) is 4.79. The minimum atomic E-state index is -0.454. The van der Waals surface area contributed by atoms with Crippen molar-refractivity contribution in [3.8, 4) is 5.75 Å². The lowest BCUT2D eigenvalue weighted by molar-refractivity contribution is -0.126. The van der Waals surface area contributed by atoms with Gasteiger partial charge in [-0.15, -0.1) is 0 Å². The number of hydrogen-bond acceptors (Lipinski definition) is 6. The highest BCUT2D eigenvalue weighted by Gasteiger charge is 2.31. The number of para-hydroxylation sites is 1. The monoisotopic (exact) mass is 452 g/mol. The largest absolute Gasteiger partial charge is 0.422 e. The molecule has 0 aliphatic carbocycles. The van der Waals surface area contributed by atoms with Crippen molar-refractivity contribution < 1.29 is 9.53 Å². The Hall–Kier alpha value is -3.90. The lowest BCUT2D eigenvalue weighted by Crippen LogP contribution is -2.28. The standard InChI is InChI=1S/C28H28N4O2/c1-28(2,29)20-12-8-19(9-13-20)26(25-22-6-4-5-7-24(22)34-27(25)33)31-21-14-10-18(11-15-21)23-16-32(3)17-30-23/h4-15,17,23,31H,16,29H2,1-3H3/b26-25-. The van der Waals surface area contributed by atoms with Gasteiger partial charge in [0.05, 0.1) is 23.7 Å². The van der Waals surface area contributed by atoms with Gasteiger partial charge in [-0.25, -0.2) is 4.79 Å². The van der Waals surface area contributed by atoms with Crippen molar-refractivity contribution in [1.82, 2.24) is 4.90 Å². The first-order chi connectivity index (χ1) is 16.3. The van der Waals surface area contributed by atoms with E-state index in [2.05, 4.69) is 27.3 Å². The van der Waals surface area contributed by atoms with Crippen molar-refractivity contribution in [2.24, 2.45) is 10.7 Å². The highest BCUT2D eigenvalue weighted by Crippen LogP contribution is 2.39. The number of nitrogens with one attached hydrogen (secondary N) is 1. The van der Waals surface area contributed by atoms with Crippen LogP contribution in [-0.4, -0.2) is 30.8 Å². The number of hydrogen-bond donors (Lipinski definition) is 2. The summed E-state index contributed by atoms with van der Waals surface area (Å²) in [4.78, 5) is 19.6. The summed E-state index contributed by atoms with van der Waals surface area (Å²) in [6, 6.07) is 23.8. The Balaban J connectivity index is 1.54. The van der Waals surface area contributed by atoms with E-state index in [1.54, 1.807) is 0 Å². The summed E-state index contributed by atoms with van der Waals surface area (Å²) in [6.45, 7) is 4.81. The van der Waals surface area contributed by atoms with E-state index in [-0.39, 0.29) is 12.0 Å². The third kappa shape index (κ3) is 4.20. The molecule has 0 amide bonds. The maximum absolute atomic E-state index is 13.0. The summed E-state index contributed by atoms with van der Waals surface area (Å²) in [5.41, 5.74) is 11.7. The number of carbonyl (C=O) groups excluding carboxylic acids is 1. The first-order valence-electron chi connectivity index (χ1n) is 11.4. The molecule has 5 rings (SSSR count). The molecule has 172 valence electrons. The number of likely N-dealkylation sites (N-methyl/N-ethyl adjacent to an activating group) is 1. The molecule has 0 saturated carbocycles. The Morgan fingerprint density at radius 1 is 1.06 bits per heavy atom. The molecule has 0 radical (unpaired) electrons. The first-order valence-corrected chi connectivity index (χ1v) is 11.4. The smallest absolute Gasteiger partial charge is 0.346 e. The van der Waals surface area contributed by atoms with Crippen LogP contribution in [0.5, 0.6) is 5.75 Å². The Morgan fingerprint density at radius 3 is 2.41 bits per heavy atom. The number of benzene rings is 3. The molecule has 3 N–H and O–H groups in total. The average molecular weight is 453 g/mol. The van der Waals surface area contributed by atoms with Crippen molar-refractivity contribution in [3.63, 3.8) is 0 Å². The highest BCUT2D eigenvalue weighted by atomic mass is 16.5. The summed E-state index contributed by atoms with van der Waals surface area (Å²) in [7, 11) is 2.02. The minimum Gasteiger partial charge on any atom is -0.422 e. The van der Waals surface area contributed by atoms with Crippen LogP contribution < -0.4 is 15.8 Å². The molecule has 0 fully saturated rings. The summed E-state index contributed by atoms with van der Waals surface area (Å²) in [5.74, 6) is 0.201. The maximum Gasteiger partial charge on any atom is 0.346 e. The number of carbonyl (C=O) groups is 1.